The van der Waals surface area contributed by atoms with Crippen molar-refractivity contribution in [2.24, 2.45) is 0 Å². The molecule has 3 N–H and O–H groups in total. The van der Waals surface area contributed by atoms with E-state index in [9.17, 15) is 13.2 Å². The van der Waals surface area contributed by atoms with Crippen LogP contribution in [0, 0.1) is 0 Å². The third-order valence-electron chi connectivity index (χ3n) is 5.12. The Bertz CT molecular complexity index is 1340. The van der Waals surface area contributed by atoms with Crippen LogP contribution < -0.4 is 15.4 Å². The van der Waals surface area contributed by atoms with Crippen LogP contribution in [0.1, 0.15) is 11.1 Å². The summed E-state index contributed by atoms with van der Waals surface area (Å²) < 4.78 is 28.7. The van der Waals surface area contributed by atoms with E-state index in [0.29, 0.717) is 17.8 Å². The first-order valence-corrected chi connectivity index (χ1v) is 12.2. The van der Waals surface area contributed by atoms with Crippen LogP contribution in [0.2, 0.25) is 0 Å². The number of rotatable bonds is 8. The molecule has 7 nitrogen and oxygen atoms in total. The Morgan fingerprint density at radius 3 is 2.24 bits per heavy atom. The van der Waals surface area contributed by atoms with E-state index in [0.717, 1.165) is 16.7 Å². The molecule has 34 heavy (non-hydrogen) atoms. The van der Waals surface area contributed by atoms with Crippen LogP contribution in [0.15, 0.2) is 108 Å². The molecule has 0 saturated carbocycles. The standard InChI is InChI=1S/C26H24N4O3S/c31-26(28-18-21-7-6-16-27-17-21)30-23-14-12-20(13-15-23)19-29-34(32,33)25-11-5-4-10-24(25)22-8-2-1-3-9-22/h1-17,29H,18-19H2,(H2,28,30,31). The van der Waals surface area contributed by atoms with Gasteiger partial charge in [0.25, 0.3) is 0 Å². The summed E-state index contributed by atoms with van der Waals surface area (Å²) in [6.07, 6.45) is 3.36. The number of carbonyl (C=O) groups is 1. The summed E-state index contributed by atoms with van der Waals surface area (Å²) >= 11 is 0. The maximum Gasteiger partial charge on any atom is 0.319 e. The van der Waals surface area contributed by atoms with Crippen molar-refractivity contribution in [2.45, 2.75) is 18.0 Å². The van der Waals surface area contributed by atoms with Gasteiger partial charge >= 0.3 is 6.03 Å². The fourth-order valence-electron chi connectivity index (χ4n) is 3.38. The van der Waals surface area contributed by atoms with Crippen LogP contribution in [-0.2, 0) is 23.1 Å². The molecule has 0 fully saturated rings. The Balaban J connectivity index is 1.36. The lowest BCUT2D eigenvalue weighted by atomic mass is 10.1. The normalized spacial score (nSPS) is 11.1. The van der Waals surface area contributed by atoms with Gasteiger partial charge in [0.2, 0.25) is 10.0 Å². The zero-order chi connectivity index (χ0) is 23.8. The van der Waals surface area contributed by atoms with Gasteiger partial charge in [-0.3, -0.25) is 4.98 Å². The van der Waals surface area contributed by atoms with Gasteiger partial charge in [-0.25, -0.2) is 17.9 Å². The van der Waals surface area contributed by atoms with E-state index in [1.54, 1.807) is 54.9 Å². The van der Waals surface area contributed by atoms with Gasteiger partial charge in [0.15, 0.2) is 0 Å². The third kappa shape index (κ3) is 6.06. The number of carbonyl (C=O) groups excluding carboxylic acids is 1. The van der Waals surface area contributed by atoms with E-state index < -0.39 is 10.0 Å². The highest BCUT2D eigenvalue weighted by Crippen LogP contribution is 2.27. The zero-order valence-corrected chi connectivity index (χ0v) is 19.1. The molecule has 0 aliphatic heterocycles. The van der Waals surface area contributed by atoms with E-state index in [2.05, 4.69) is 20.3 Å². The molecule has 0 bridgehead atoms. The van der Waals surface area contributed by atoms with Crippen molar-refractivity contribution in [3.63, 3.8) is 0 Å². The molecule has 0 unspecified atom stereocenters. The van der Waals surface area contributed by atoms with E-state index in [1.165, 1.54) is 0 Å². The van der Waals surface area contributed by atoms with Crippen molar-refractivity contribution in [2.75, 3.05) is 5.32 Å². The predicted molar refractivity (Wildman–Crippen MR) is 132 cm³/mol. The van der Waals surface area contributed by atoms with Gasteiger partial charge in [-0.05, 0) is 41.0 Å². The fourth-order valence-corrected chi connectivity index (χ4v) is 4.62. The van der Waals surface area contributed by atoms with E-state index in [-0.39, 0.29) is 17.5 Å². The number of anilines is 1. The molecule has 0 atom stereocenters. The molecular formula is C26H24N4O3S. The molecule has 0 saturated heterocycles. The summed E-state index contributed by atoms with van der Waals surface area (Å²) in [6.45, 7) is 0.489. The number of aromatic nitrogens is 1. The van der Waals surface area contributed by atoms with Gasteiger partial charge in [-0.15, -0.1) is 0 Å². The van der Waals surface area contributed by atoms with Crippen LogP contribution in [0.4, 0.5) is 10.5 Å². The van der Waals surface area contributed by atoms with Crippen molar-refractivity contribution in [1.29, 1.82) is 0 Å². The highest BCUT2D eigenvalue weighted by molar-refractivity contribution is 7.89. The van der Waals surface area contributed by atoms with Crippen LogP contribution in [0.25, 0.3) is 11.1 Å². The number of hydrogen-bond donors (Lipinski definition) is 3. The Hall–Kier alpha value is -4.01. The predicted octanol–water partition coefficient (Wildman–Crippen LogP) is 4.55. The summed E-state index contributed by atoms with van der Waals surface area (Å²) in [7, 11) is -3.73. The van der Waals surface area contributed by atoms with Gasteiger partial charge in [-0.2, -0.15) is 0 Å². The van der Waals surface area contributed by atoms with E-state index >= 15 is 0 Å². The minimum Gasteiger partial charge on any atom is -0.334 e. The summed E-state index contributed by atoms with van der Waals surface area (Å²) in [6, 6.07) is 26.7. The Morgan fingerprint density at radius 1 is 0.765 bits per heavy atom. The van der Waals surface area contributed by atoms with E-state index in [4.69, 9.17) is 0 Å². The monoisotopic (exact) mass is 472 g/mol. The number of pyridine rings is 1. The molecule has 0 radical (unpaired) electrons. The molecule has 172 valence electrons. The fraction of sp³-hybridized carbons (Fsp3) is 0.0769. The Kier molecular flexibility index (Phi) is 7.31. The van der Waals surface area contributed by atoms with Crippen LogP contribution in [-0.4, -0.2) is 19.4 Å². The molecule has 2 amide bonds. The molecule has 0 aliphatic rings. The molecule has 0 spiro atoms. The molecule has 3 aromatic carbocycles. The van der Waals surface area contributed by atoms with Gasteiger partial charge in [-0.1, -0.05) is 66.7 Å². The Labute approximate surface area is 198 Å². The topological polar surface area (TPSA) is 100 Å². The van der Waals surface area contributed by atoms with Crippen LogP contribution in [0.3, 0.4) is 0 Å². The first-order chi connectivity index (χ1) is 16.5. The highest BCUT2D eigenvalue weighted by Gasteiger charge is 2.18. The number of benzene rings is 3. The number of amides is 2. The maximum absolute atomic E-state index is 13.0. The molecular weight excluding hydrogens is 448 g/mol. The average Bonchev–Trinajstić information content (AvgIpc) is 2.88. The second kappa shape index (κ2) is 10.7. The maximum atomic E-state index is 13.0. The molecule has 0 aliphatic carbocycles. The van der Waals surface area contributed by atoms with Crippen LogP contribution in [0.5, 0.6) is 0 Å². The summed E-state index contributed by atoms with van der Waals surface area (Å²) in [5.74, 6) is 0. The van der Waals surface area contributed by atoms with Crippen molar-refractivity contribution in [1.82, 2.24) is 15.0 Å². The van der Waals surface area contributed by atoms with Gasteiger partial charge in [0.05, 0.1) is 4.90 Å². The second-order valence-electron chi connectivity index (χ2n) is 7.55. The largest absolute Gasteiger partial charge is 0.334 e. The smallest absolute Gasteiger partial charge is 0.319 e. The van der Waals surface area contributed by atoms with Crippen molar-refractivity contribution < 1.29 is 13.2 Å². The first kappa shape index (κ1) is 23.2. The van der Waals surface area contributed by atoms with Crippen LogP contribution >= 0.6 is 0 Å². The summed E-state index contributed by atoms with van der Waals surface area (Å²) in [5.41, 5.74) is 3.74. The molecule has 4 aromatic rings. The number of nitrogens with one attached hydrogen (secondary N) is 3. The lowest BCUT2D eigenvalue weighted by Crippen LogP contribution is -2.28. The number of nitrogens with zero attached hydrogens (tertiary/aromatic N) is 1. The Morgan fingerprint density at radius 2 is 1.50 bits per heavy atom. The minimum atomic E-state index is -3.73. The third-order valence-corrected chi connectivity index (χ3v) is 6.57. The molecule has 4 rings (SSSR count). The molecule has 1 heterocycles. The lowest BCUT2D eigenvalue weighted by molar-refractivity contribution is 0.251. The lowest BCUT2D eigenvalue weighted by Gasteiger charge is -2.12. The van der Waals surface area contributed by atoms with Gasteiger partial charge in [0, 0.05) is 36.7 Å². The van der Waals surface area contributed by atoms with Crippen molar-refractivity contribution in [3.05, 3.63) is 115 Å². The second-order valence-corrected chi connectivity index (χ2v) is 9.29. The minimum absolute atomic E-state index is 0.124. The first-order valence-electron chi connectivity index (χ1n) is 10.7. The molecule has 1 aromatic heterocycles. The number of urea groups is 1. The van der Waals surface area contributed by atoms with Crippen molar-refractivity contribution in [3.8, 4) is 11.1 Å². The van der Waals surface area contributed by atoms with E-state index in [1.807, 2.05) is 48.5 Å². The highest BCUT2D eigenvalue weighted by atomic mass is 32.2. The summed E-state index contributed by atoms with van der Waals surface area (Å²) in [4.78, 5) is 16.3. The quantitative estimate of drug-likeness (QED) is 0.350. The van der Waals surface area contributed by atoms with Crippen molar-refractivity contribution >= 4 is 21.7 Å². The zero-order valence-electron chi connectivity index (χ0n) is 18.3. The number of sulfonamides is 1. The average molecular weight is 473 g/mol. The molecule has 8 heteroatoms. The SMILES string of the molecule is O=C(NCc1cccnc1)Nc1ccc(CNS(=O)(=O)c2ccccc2-c2ccccc2)cc1. The van der Waals surface area contributed by atoms with Gasteiger partial charge in [0.1, 0.15) is 0 Å². The van der Waals surface area contributed by atoms with Gasteiger partial charge < -0.3 is 10.6 Å². The summed E-state index contributed by atoms with van der Waals surface area (Å²) in [5, 5.41) is 5.52. The number of hydrogen-bond acceptors (Lipinski definition) is 4.